The topological polar surface area (TPSA) is 44.9 Å². The van der Waals surface area contributed by atoms with Gasteiger partial charge in [-0.3, -0.25) is 4.79 Å². The number of aromatic nitrogens is 1. The number of nitrogens with one attached hydrogen (secondary N) is 2. The average molecular weight is 270 g/mol. The van der Waals surface area contributed by atoms with Gasteiger partial charge >= 0.3 is 0 Å². The summed E-state index contributed by atoms with van der Waals surface area (Å²) >= 11 is 0. The van der Waals surface area contributed by atoms with E-state index in [9.17, 15) is 4.79 Å². The van der Waals surface area contributed by atoms with Gasteiger partial charge in [0.2, 0.25) is 0 Å². The van der Waals surface area contributed by atoms with Gasteiger partial charge in [-0.15, -0.1) is 0 Å². The predicted molar refractivity (Wildman–Crippen MR) is 81.8 cm³/mol. The van der Waals surface area contributed by atoms with Crippen LogP contribution in [-0.2, 0) is 0 Å². The van der Waals surface area contributed by atoms with Crippen LogP contribution in [0.1, 0.15) is 49.4 Å². The Balaban J connectivity index is 1.69. The quantitative estimate of drug-likeness (QED) is 0.873. The highest BCUT2D eigenvalue weighted by atomic mass is 16.1. The van der Waals surface area contributed by atoms with E-state index in [2.05, 4.69) is 17.2 Å². The number of carbonyl (C=O) groups excluding carboxylic acids is 1. The van der Waals surface area contributed by atoms with Crippen molar-refractivity contribution in [3.8, 4) is 0 Å². The van der Waals surface area contributed by atoms with Crippen molar-refractivity contribution in [3.05, 3.63) is 36.0 Å². The zero-order chi connectivity index (χ0) is 13.9. The Labute approximate surface area is 119 Å². The second kappa shape index (κ2) is 5.70. The molecule has 2 N–H and O–H groups in total. The van der Waals surface area contributed by atoms with Gasteiger partial charge in [-0.05, 0) is 43.0 Å². The summed E-state index contributed by atoms with van der Waals surface area (Å²) in [6.07, 6.45) is 7.93. The summed E-state index contributed by atoms with van der Waals surface area (Å²) in [5, 5.41) is 4.30. The van der Waals surface area contributed by atoms with Crippen molar-refractivity contribution in [1.82, 2.24) is 10.3 Å². The van der Waals surface area contributed by atoms with Crippen LogP contribution in [0.15, 0.2) is 30.5 Å². The standard InChI is InChI=1S/C17H22N2O/c1-2-12-4-3-5-15(10-12)19-17(20)14-6-7-16-13(11-14)8-9-18-16/h6-9,11-12,15,18H,2-5,10H2,1H3,(H,19,20). The van der Waals surface area contributed by atoms with Crippen LogP contribution in [0.2, 0.25) is 0 Å². The number of carbonyl (C=O) groups is 1. The Kier molecular flexibility index (Phi) is 3.77. The van der Waals surface area contributed by atoms with Crippen LogP contribution in [0, 0.1) is 5.92 Å². The second-order valence-corrected chi connectivity index (χ2v) is 5.89. The van der Waals surface area contributed by atoms with Crippen LogP contribution in [0.4, 0.5) is 0 Å². The van der Waals surface area contributed by atoms with E-state index in [0.717, 1.165) is 35.2 Å². The normalized spacial score (nSPS) is 22.9. The molecule has 3 nitrogen and oxygen atoms in total. The fourth-order valence-electron chi connectivity index (χ4n) is 3.26. The van der Waals surface area contributed by atoms with Crippen LogP contribution in [0.5, 0.6) is 0 Å². The third-order valence-electron chi connectivity index (χ3n) is 4.51. The molecule has 1 heterocycles. The van der Waals surface area contributed by atoms with Crippen molar-refractivity contribution < 1.29 is 4.79 Å². The second-order valence-electron chi connectivity index (χ2n) is 5.89. The van der Waals surface area contributed by atoms with Gasteiger partial charge in [0.05, 0.1) is 0 Å². The van der Waals surface area contributed by atoms with Crippen molar-refractivity contribution in [3.63, 3.8) is 0 Å². The third kappa shape index (κ3) is 2.72. The Morgan fingerprint density at radius 2 is 2.25 bits per heavy atom. The molecule has 0 aliphatic heterocycles. The maximum atomic E-state index is 12.4. The van der Waals surface area contributed by atoms with E-state index < -0.39 is 0 Å². The van der Waals surface area contributed by atoms with E-state index >= 15 is 0 Å². The minimum atomic E-state index is 0.0647. The molecule has 1 amide bonds. The number of hydrogen-bond donors (Lipinski definition) is 2. The molecule has 0 bridgehead atoms. The molecule has 1 fully saturated rings. The molecule has 1 saturated carbocycles. The monoisotopic (exact) mass is 270 g/mol. The molecule has 2 atom stereocenters. The molecule has 0 spiro atoms. The van der Waals surface area contributed by atoms with Crippen LogP contribution in [-0.4, -0.2) is 16.9 Å². The maximum Gasteiger partial charge on any atom is 0.251 e. The van der Waals surface area contributed by atoms with Crippen LogP contribution in [0.3, 0.4) is 0 Å². The Bertz CT molecular complexity index is 602. The first-order chi connectivity index (χ1) is 9.76. The number of aromatic amines is 1. The van der Waals surface area contributed by atoms with E-state index in [4.69, 9.17) is 0 Å². The Morgan fingerprint density at radius 3 is 3.10 bits per heavy atom. The van der Waals surface area contributed by atoms with Crippen LogP contribution >= 0.6 is 0 Å². The van der Waals surface area contributed by atoms with Crippen molar-refractivity contribution >= 4 is 16.8 Å². The molecule has 20 heavy (non-hydrogen) atoms. The lowest BCUT2D eigenvalue weighted by Crippen LogP contribution is -2.38. The first-order valence-electron chi connectivity index (χ1n) is 7.64. The Hall–Kier alpha value is -1.77. The molecule has 1 aliphatic rings. The van der Waals surface area contributed by atoms with Crippen molar-refractivity contribution in [2.45, 2.75) is 45.1 Å². The minimum Gasteiger partial charge on any atom is -0.361 e. The number of benzene rings is 1. The summed E-state index contributed by atoms with van der Waals surface area (Å²) in [5.41, 5.74) is 1.83. The van der Waals surface area contributed by atoms with Crippen molar-refractivity contribution in [1.29, 1.82) is 0 Å². The van der Waals surface area contributed by atoms with Gasteiger partial charge in [-0.2, -0.15) is 0 Å². The number of amides is 1. The number of H-pyrrole nitrogens is 1. The Morgan fingerprint density at radius 1 is 1.35 bits per heavy atom. The maximum absolute atomic E-state index is 12.4. The average Bonchev–Trinajstić information content (AvgIpc) is 2.94. The molecule has 2 unspecified atom stereocenters. The fourth-order valence-corrected chi connectivity index (χ4v) is 3.26. The van der Waals surface area contributed by atoms with Gasteiger partial charge < -0.3 is 10.3 Å². The predicted octanol–water partition coefficient (Wildman–Crippen LogP) is 3.87. The molecule has 1 aromatic carbocycles. The summed E-state index contributed by atoms with van der Waals surface area (Å²) in [6, 6.07) is 8.18. The number of rotatable bonds is 3. The smallest absolute Gasteiger partial charge is 0.251 e. The molecule has 1 aliphatic carbocycles. The minimum absolute atomic E-state index is 0.0647. The van der Waals surface area contributed by atoms with E-state index in [-0.39, 0.29) is 5.91 Å². The van der Waals surface area contributed by atoms with E-state index in [1.54, 1.807) is 0 Å². The van der Waals surface area contributed by atoms with Crippen molar-refractivity contribution in [2.75, 3.05) is 0 Å². The van der Waals surface area contributed by atoms with Gasteiger partial charge in [0.1, 0.15) is 0 Å². The summed E-state index contributed by atoms with van der Waals surface area (Å²) in [6.45, 7) is 2.24. The molecule has 106 valence electrons. The first-order valence-corrected chi connectivity index (χ1v) is 7.64. The van der Waals surface area contributed by atoms with Crippen LogP contribution in [0.25, 0.3) is 10.9 Å². The highest BCUT2D eigenvalue weighted by Gasteiger charge is 2.22. The molecule has 2 aromatic rings. The SMILES string of the molecule is CCC1CCCC(NC(=O)c2ccc3[nH]ccc3c2)C1. The summed E-state index contributed by atoms with van der Waals surface area (Å²) in [5.74, 6) is 0.844. The van der Waals surface area contributed by atoms with E-state index in [1.165, 1.54) is 19.3 Å². The summed E-state index contributed by atoms with van der Waals surface area (Å²) < 4.78 is 0. The van der Waals surface area contributed by atoms with E-state index in [1.807, 2.05) is 30.5 Å². The highest BCUT2D eigenvalue weighted by Crippen LogP contribution is 2.26. The largest absolute Gasteiger partial charge is 0.361 e. The molecule has 0 radical (unpaired) electrons. The van der Waals surface area contributed by atoms with Gasteiger partial charge in [0.25, 0.3) is 5.91 Å². The molecule has 3 rings (SSSR count). The molecule has 0 saturated heterocycles. The fraction of sp³-hybridized carbons (Fsp3) is 0.471. The lowest BCUT2D eigenvalue weighted by Gasteiger charge is -2.29. The van der Waals surface area contributed by atoms with Crippen LogP contribution < -0.4 is 5.32 Å². The summed E-state index contributed by atoms with van der Waals surface area (Å²) in [7, 11) is 0. The zero-order valence-corrected chi connectivity index (χ0v) is 12.0. The van der Waals surface area contributed by atoms with Gasteiger partial charge in [-0.1, -0.05) is 26.2 Å². The first kappa shape index (κ1) is 13.2. The zero-order valence-electron chi connectivity index (χ0n) is 12.0. The lowest BCUT2D eigenvalue weighted by atomic mass is 9.84. The molecule has 1 aromatic heterocycles. The van der Waals surface area contributed by atoms with Crippen molar-refractivity contribution in [2.24, 2.45) is 5.92 Å². The summed E-state index contributed by atoms with van der Waals surface area (Å²) in [4.78, 5) is 15.5. The molecular formula is C17H22N2O. The molecule has 3 heteroatoms. The number of fused-ring (bicyclic) bond motifs is 1. The van der Waals surface area contributed by atoms with Gasteiger partial charge in [0, 0.05) is 28.7 Å². The number of hydrogen-bond acceptors (Lipinski definition) is 1. The van der Waals surface area contributed by atoms with Gasteiger partial charge in [-0.25, -0.2) is 0 Å². The highest BCUT2D eigenvalue weighted by molar-refractivity contribution is 5.98. The third-order valence-corrected chi connectivity index (χ3v) is 4.51. The molecular weight excluding hydrogens is 248 g/mol. The van der Waals surface area contributed by atoms with Gasteiger partial charge in [0.15, 0.2) is 0 Å². The van der Waals surface area contributed by atoms with E-state index in [0.29, 0.717) is 6.04 Å². The lowest BCUT2D eigenvalue weighted by molar-refractivity contribution is 0.0919.